The molecule has 0 aliphatic heterocycles. The maximum absolute atomic E-state index is 12.3. The molecule has 0 fully saturated rings. The molecule has 0 atom stereocenters. The van der Waals surface area contributed by atoms with Crippen LogP contribution in [0.2, 0.25) is 0 Å². The molecule has 0 aliphatic rings. The summed E-state index contributed by atoms with van der Waals surface area (Å²) in [6.07, 6.45) is 3.40. The van der Waals surface area contributed by atoms with E-state index in [1.807, 2.05) is 24.3 Å². The Morgan fingerprint density at radius 1 is 1.19 bits per heavy atom. The van der Waals surface area contributed by atoms with E-state index in [1.54, 1.807) is 19.5 Å². The molecular weight excluding hydrogens is 368 g/mol. The van der Waals surface area contributed by atoms with Crippen molar-refractivity contribution >= 4 is 32.7 Å². The first-order chi connectivity index (χ1) is 13.1. The lowest BCUT2D eigenvalue weighted by atomic mass is 10.1. The van der Waals surface area contributed by atoms with E-state index in [0.717, 1.165) is 21.3 Å². The lowest BCUT2D eigenvalue weighted by Crippen LogP contribution is -2.38. The van der Waals surface area contributed by atoms with Crippen LogP contribution in [-0.2, 0) is 0 Å². The molecule has 0 spiro atoms. The number of thiazole rings is 1. The number of urea groups is 1. The van der Waals surface area contributed by atoms with Crippen molar-refractivity contribution in [2.75, 3.05) is 38.7 Å². The van der Waals surface area contributed by atoms with Gasteiger partial charge in [-0.1, -0.05) is 17.4 Å². The van der Waals surface area contributed by atoms with Crippen LogP contribution in [0.4, 0.5) is 9.93 Å². The molecule has 0 saturated heterocycles. The molecule has 2 aromatic heterocycles. The number of aliphatic hydroxyl groups excluding tert-OH is 2. The highest BCUT2D eigenvalue weighted by atomic mass is 32.1. The number of ether oxygens (including phenoxy) is 1. The Balaban J connectivity index is 1.82. The fourth-order valence-electron chi connectivity index (χ4n) is 2.57. The molecule has 3 N–H and O–H groups in total. The molecular formula is C18H20N4O4S. The van der Waals surface area contributed by atoms with Crippen molar-refractivity contribution in [3.05, 3.63) is 36.7 Å². The monoisotopic (exact) mass is 388 g/mol. The summed E-state index contributed by atoms with van der Waals surface area (Å²) in [5.74, 6) is 0.678. The Kier molecular flexibility index (Phi) is 6.17. The highest BCUT2D eigenvalue weighted by Crippen LogP contribution is 2.31. The van der Waals surface area contributed by atoms with Gasteiger partial charge in [-0.25, -0.2) is 9.78 Å². The molecule has 9 heteroatoms. The number of nitrogens with zero attached hydrogens (tertiary/aromatic N) is 3. The standard InChI is InChI=1S/C18H20N4O4S/c1-26-14-8-13(10-19-11-14)12-2-3-15-16(9-12)27-17(20-15)21-18(25)22(4-6-23)5-7-24/h2-3,8-11,23-24H,4-7H2,1H3,(H,20,21,25). The van der Waals surface area contributed by atoms with Crippen LogP contribution in [-0.4, -0.2) is 64.5 Å². The predicted octanol–water partition coefficient (Wildman–Crippen LogP) is 2.19. The van der Waals surface area contributed by atoms with Crippen LogP contribution in [0.3, 0.4) is 0 Å². The second-order valence-electron chi connectivity index (χ2n) is 5.68. The number of carbonyl (C=O) groups is 1. The second kappa shape index (κ2) is 8.76. The molecule has 1 aromatic carbocycles. The third kappa shape index (κ3) is 4.51. The summed E-state index contributed by atoms with van der Waals surface area (Å²) < 4.78 is 6.13. The van der Waals surface area contributed by atoms with Gasteiger partial charge in [0.25, 0.3) is 0 Å². The van der Waals surface area contributed by atoms with E-state index >= 15 is 0 Å². The molecule has 142 valence electrons. The normalized spacial score (nSPS) is 10.8. The van der Waals surface area contributed by atoms with E-state index < -0.39 is 6.03 Å². The van der Waals surface area contributed by atoms with Gasteiger partial charge in [0, 0.05) is 24.8 Å². The van der Waals surface area contributed by atoms with E-state index in [2.05, 4.69) is 15.3 Å². The first-order valence-corrected chi connectivity index (χ1v) is 9.14. The number of anilines is 1. The van der Waals surface area contributed by atoms with Gasteiger partial charge in [0.15, 0.2) is 5.13 Å². The molecule has 27 heavy (non-hydrogen) atoms. The molecule has 0 bridgehead atoms. The summed E-state index contributed by atoms with van der Waals surface area (Å²) in [6.45, 7) is -0.0645. The van der Waals surface area contributed by atoms with Crippen LogP contribution in [0.5, 0.6) is 5.75 Å². The lowest BCUT2D eigenvalue weighted by Gasteiger charge is -2.20. The van der Waals surface area contributed by atoms with Crippen LogP contribution < -0.4 is 10.1 Å². The van der Waals surface area contributed by atoms with Crippen molar-refractivity contribution in [3.8, 4) is 16.9 Å². The van der Waals surface area contributed by atoms with Crippen molar-refractivity contribution in [1.82, 2.24) is 14.9 Å². The number of carbonyl (C=O) groups excluding carboxylic acids is 1. The van der Waals surface area contributed by atoms with Crippen molar-refractivity contribution in [2.45, 2.75) is 0 Å². The summed E-state index contributed by atoms with van der Waals surface area (Å²) in [7, 11) is 1.60. The Morgan fingerprint density at radius 3 is 2.67 bits per heavy atom. The molecule has 0 saturated carbocycles. The number of fused-ring (bicyclic) bond motifs is 1. The molecule has 0 unspecified atom stereocenters. The third-order valence-electron chi connectivity index (χ3n) is 3.91. The van der Waals surface area contributed by atoms with Gasteiger partial charge in [0.2, 0.25) is 0 Å². The van der Waals surface area contributed by atoms with Crippen molar-refractivity contribution in [3.63, 3.8) is 0 Å². The number of pyridine rings is 1. The van der Waals surface area contributed by atoms with E-state index in [1.165, 1.54) is 16.2 Å². The number of methoxy groups -OCH3 is 1. The largest absolute Gasteiger partial charge is 0.495 e. The molecule has 0 radical (unpaired) electrons. The maximum atomic E-state index is 12.3. The summed E-state index contributed by atoms with van der Waals surface area (Å²) in [5, 5.41) is 21.3. The smallest absolute Gasteiger partial charge is 0.323 e. The first kappa shape index (κ1) is 19.0. The van der Waals surface area contributed by atoms with Gasteiger partial charge in [-0.3, -0.25) is 10.3 Å². The van der Waals surface area contributed by atoms with Gasteiger partial charge >= 0.3 is 6.03 Å². The van der Waals surface area contributed by atoms with Crippen LogP contribution in [0.1, 0.15) is 0 Å². The van der Waals surface area contributed by atoms with Gasteiger partial charge in [-0.15, -0.1) is 0 Å². The minimum absolute atomic E-state index is 0.143. The zero-order chi connectivity index (χ0) is 19.2. The van der Waals surface area contributed by atoms with Crippen molar-refractivity contribution in [1.29, 1.82) is 0 Å². The second-order valence-corrected chi connectivity index (χ2v) is 6.71. The van der Waals surface area contributed by atoms with Crippen molar-refractivity contribution < 1.29 is 19.7 Å². The summed E-state index contributed by atoms with van der Waals surface area (Å²) in [5.41, 5.74) is 2.66. The van der Waals surface area contributed by atoms with Crippen LogP contribution in [0, 0.1) is 0 Å². The fourth-order valence-corrected chi connectivity index (χ4v) is 3.47. The SMILES string of the molecule is COc1cncc(-c2ccc3nc(NC(=O)N(CCO)CCO)sc3c2)c1. The highest BCUT2D eigenvalue weighted by Gasteiger charge is 2.15. The zero-order valence-electron chi connectivity index (χ0n) is 14.8. The number of aromatic nitrogens is 2. The van der Waals surface area contributed by atoms with Gasteiger partial charge in [0.05, 0.1) is 36.7 Å². The molecule has 0 aliphatic carbocycles. The highest BCUT2D eigenvalue weighted by molar-refractivity contribution is 7.22. The van der Waals surface area contributed by atoms with Gasteiger partial charge in [0.1, 0.15) is 5.75 Å². The van der Waals surface area contributed by atoms with Crippen molar-refractivity contribution in [2.24, 2.45) is 0 Å². The average Bonchev–Trinajstić information content (AvgIpc) is 3.09. The first-order valence-electron chi connectivity index (χ1n) is 8.32. The minimum Gasteiger partial charge on any atom is -0.495 e. The summed E-state index contributed by atoms with van der Waals surface area (Å²) in [4.78, 5) is 22.2. The number of amides is 2. The number of rotatable bonds is 7. The summed E-state index contributed by atoms with van der Waals surface area (Å²) in [6, 6.07) is 7.30. The minimum atomic E-state index is -0.408. The van der Waals surface area contributed by atoms with E-state index in [9.17, 15) is 4.79 Å². The number of aliphatic hydroxyl groups is 2. The molecule has 3 aromatic rings. The average molecular weight is 388 g/mol. The fraction of sp³-hybridized carbons (Fsp3) is 0.278. The number of benzene rings is 1. The summed E-state index contributed by atoms with van der Waals surface area (Å²) >= 11 is 1.35. The van der Waals surface area contributed by atoms with Gasteiger partial charge in [-0.05, 0) is 23.8 Å². The number of hydrogen-bond acceptors (Lipinski definition) is 7. The van der Waals surface area contributed by atoms with E-state index in [0.29, 0.717) is 10.9 Å². The van der Waals surface area contributed by atoms with Crippen LogP contribution >= 0.6 is 11.3 Å². The van der Waals surface area contributed by atoms with E-state index in [4.69, 9.17) is 14.9 Å². The number of nitrogens with one attached hydrogen (secondary N) is 1. The Morgan fingerprint density at radius 2 is 1.96 bits per heavy atom. The third-order valence-corrected chi connectivity index (χ3v) is 4.85. The Hall–Kier alpha value is -2.75. The van der Waals surface area contributed by atoms with Crippen LogP contribution in [0.25, 0.3) is 21.3 Å². The molecule has 8 nitrogen and oxygen atoms in total. The topological polar surface area (TPSA) is 108 Å². The Labute approximate surface area is 160 Å². The predicted molar refractivity (Wildman–Crippen MR) is 104 cm³/mol. The van der Waals surface area contributed by atoms with Crippen LogP contribution in [0.15, 0.2) is 36.7 Å². The van der Waals surface area contributed by atoms with Gasteiger partial charge < -0.3 is 19.8 Å². The lowest BCUT2D eigenvalue weighted by molar-refractivity contribution is 0.167. The molecule has 2 amide bonds. The number of hydrogen-bond donors (Lipinski definition) is 3. The maximum Gasteiger partial charge on any atom is 0.323 e. The quantitative estimate of drug-likeness (QED) is 0.573. The molecule has 3 rings (SSSR count). The van der Waals surface area contributed by atoms with Gasteiger partial charge in [-0.2, -0.15) is 0 Å². The zero-order valence-corrected chi connectivity index (χ0v) is 15.6. The Bertz CT molecular complexity index is 925. The molecule has 2 heterocycles. The van der Waals surface area contributed by atoms with E-state index in [-0.39, 0.29) is 26.3 Å².